The first kappa shape index (κ1) is 16.1. The molecule has 4 N–H and O–H groups in total. The molecule has 1 saturated heterocycles. The lowest BCUT2D eigenvalue weighted by molar-refractivity contribution is -0.0425. The Bertz CT molecular complexity index is 335. The summed E-state index contributed by atoms with van der Waals surface area (Å²) in [7, 11) is 0.778. The SMILES string of the molecule is [B][C@@H]1O[C@H](CC(C)(CC)OP(=O)(O)O)C(O)[C@@H]1O. The van der Waals surface area contributed by atoms with Crippen molar-refractivity contribution in [3.05, 3.63) is 0 Å². The van der Waals surface area contributed by atoms with Gasteiger partial charge in [-0.25, -0.2) is 4.57 Å². The molecule has 1 heterocycles. The van der Waals surface area contributed by atoms with Crippen LogP contribution in [0.15, 0.2) is 0 Å². The van der Waals surface area contributed by atoms with Crippen molar-refractivity contribution < 1.29 is 33.8 Å². The standard InChI is InChI=1S/C9H18BO7P/c1-3-9(2,17-18(13,14)15)4-5-6(11)7(12)8(10)16-5/h5-8,11-12H,3-4H2,1-2H3,(H2,13,14,15)/t5-,6?,7+,8-,9?/m1/s1. The average Bonchev–Trinajstić information content (AvgIpc) is 2.44. The lowest BCUT2D eigenvalue weighted by Gasteiger charge is -2.31. The van der Waals surface area contributed by atoms with Crippen LogP contribution in [0.4, 0.5) is 0 Å². The van der Waals surface area contributed by atoms with Crippen molar-refractivity contribution >= 4 is 15.7 Å². The van der Waals surface area contributed by atoms with Crippen molar-refractivity contribution in [2.24, 2.45) is 0 Å². The molecule has 0 amide bonds. The molecule has 0 saturated carbocycles. The van der Waals surface area contributed by atoms with E-state index in [9.17, 15) is 14.8 Å². The minimum absolute atomic E-state index is 0.0144. The molecule has 9 heteroatoms. The van der Waals surface area contributed by atoms with E-state index in [0.717, 1.165) is 0 Å². The topological polar surface area (TPSA) is 116 Å². The maximum Gasteiger partial charge on any atom is 0.470 e. The summed E-state index contributed by atoms with van der Waals surface area (Å²) in [5.41, 5.74) is -1.17. The van der Waals surface area contributed by atoms with Crippen LogP contribution in [0.25, 0.3) is 0 Å². The number of aliphatic hydroxyl groups excluding tert-OH is 2. The highest BCUT2D eigenvalue weighted by Gasteiger charge is 2.44. The fourth-order valence-electron chi connectivity index (χ4n) is 1.90. The highest BCUT2D eigenvalue weighted by atomic mass is 31.2. The quantitative estimate of drug-likeness (QED) is 0.387. The van der Waals surface area contributed by atoms with Crippen LogP contribution in [-0.2, 0) is 13.8 Å². The minimum atomic E-state index is -4.64. The van der Waals surface area contributed by atoms with Crippen molar-refractivity contribution in [2.75, 3.05) is 0 Å². The van der Waals surface area contributed by atoms with Crippen molar-refractivity contribution in [3.8, 4) is 0 Å². The molecule has 1 aliphatic heterocycles. The van der Waals surface area contributed by atoms with E-state index >= 15 is 0 Å². The van der Waals surface area contributed by atoms with Crippen LogP contribution in [-0.4, -0.2) is 57.8 Å². The first-order chi connectivity index (χ1) is 8.08. The van der Waals surface area contributed by atoms with E-state index in [1.807, 2.05) is 0 Å². The van der Waals surface area contributed by atoms with Crippen LogP contribution < -0.4 is 0 Å². The molecule has 0 aliphatic carbocycles. The monoisotopic (exact) mass is 280 g/mol. The molecule has 0 aromatic carbocycles. The molecule has 7 nitrogen and oxygen atoms in total. The van der Waals surface area contributed by atoms with Crippen molar-refractivity contribution in [1.29, 1.82) is 0 Å². The molecule has 1 fully saturated rings. The van der Waals surface area contributed by atoms with E-state index in [-0.39, 0.29) is 6.42 Å². The molecule has 18 heavy (non-hydrogen) atoms. The Morgan fingerprint density at radius 3 is 2.28 bits per heavy atom. The molecular weight excluding hydrogens is 262 g/mol. The molecule has 2 radical (unpaired) electrons. The molecule has 1 rings (SSSR count). The van der Waals surface area contributed by atoms with Gasteiger partial charge in [-0.1, -0.05) is 6.92 Å². The van der Waals surface area contributed by atoms with Crippen LogP contribution in [0, 0.1) is 0 Å². The molecule has 5 atom stereocenters. The van der Waals surface area contributed by atoms with Crippen LogP contribution in [0.3, 0.4) is 0 Å². The van der Waals surface area contributed by atoms with Gasteiger partial charge in [-0.05, 0) is 13.3 Å². The Kier molecular flexibility index (Phi) is 5.00. The number of aliphatic hydroxyl groups is 2. The third-order valence-corrected chi connectivity index (χ3v) is 3.80. The first-order valence-electron chi connectivity index (χ1n) is 5.61. The van der Waals surface area contributed by atoms with E-state index < -0.39 is 37.7 Å². The van der Waals surface area contributed by atoms with E-state index in [2.05, 4.69) is 0 Å². The molecule has 2 unspecified atom stereocenters. The molecule has 1 aliphatic rings. The third-order valence-electron chi connectivity index (χ3n) is 3.12. The summed E-state index contributed by atoms with van der Waals surface area (Å²) in [6, 6.07) is -1.01. The van der Waals surface area contributed by atoms with Crippen molar-refractivity contribution in [1.82, 2.24) is 0 Å². The van der Waals surface area contributed by atoms with Gasteiger partial charge in [0.15, 0.2) is 0 Å². The van der Waals surface area contributed by atoms with E-state index in [1.165, 1.54) is 6.92 Å². The molecule has 0 aromatic heterocycles. The molecule has 0 bridgehead atoms. The summed E-state index contributed by atoms with van der Waals surface area (Å²) < 4.78 is 20.7. The van der Waals surface area contributed by atoms with Gasteiger partial charge in [0.25, 0.3) is 0 Å². The van der Waals surface area contributed by atoms with Gasteiger partial charge in [0.2, 0.25) is 0 Å². The summed E-state index contributed by atoms with van der Waals surface area (Å²) in [6.07, 6.45) is -2.93. The Hall–Kier alpha value is 0.0549. The number of hydrogen-bond acceptors (Lipinski definition) is 5. The smallest absolute Gasteiger partial charge is 0.388 e. The molecule has 0 aromatic rings. The number of phosphoric acid groups is 1. The summed E-state index contributed by atoms with van der Waals surface area (Å²) >= 11 is 0. The fraction of sp³-hybridized carbons (Fsp3) is 1.00. The maximum atomic E-state index is 10.9. The van der Waals surface area contributed by atoms with Crippen molar-refractivity contribution in [3.63, 3.8) is 0 Å². The van der Waals surface area contributed by atoms with Crippen molar-refractivity contribution in [2.45, 2.75) is 56.6 Å². The van der Waals surface area contributed by atoms with E-state index in [1.54, 1.807) is 6.92 Å². The normalized spacial score (nSPS) is 36.6. The van der Waals surface area contributed by atoms with Gasteiger partial charge in [-0.3, -0.25) is 4.52 Å². The number of phosphoric ester groups is 1. The Morgan fingerprint density at radius 2 is 1.94 bits per heavy atom. The second-order valence-corrected chi connectivity index (χ2v) is 5.87. The average molecular weight is 280 g/mol. The first-order valence-corrected chi connectivity index (χ1v) is 7.14. The molecular formula is C9H18BO7P. The van der Waals surface area contributed by atoms with Gasteiger partial charge in [-0.15, -0.1) is 0 Å². The molecule has 0 spiro atoms. The van der Waals surface area contributed by atoms with Gasteiger partial charge in [0.1, 0.15) is 14.0 Å². The van der Waals surface area contributed by atoms with Crippen LogP contribution in [0.1, 0.15) is 26.7 Å². The van der Waals surface area contributed by atoms with E-state index in [4.69, 9.17) is 26.9 Å². The van der Waals surface area contributed by atoms with Gasteiger partial charge in [-0.2, -0.15) is 0 Å². The van der Waals surface area contributed by atoms with Gasteiger partial charge in [0.05, 0.1) is 17.8 Å². The highest BCUT2D eigenvalue weighted by molar-refractivity contribution is 7.46. The molecule has 104 valence electrons. The minimum Gasteiger partial charge on any atom is -0.388 e. The predicted molar refractivity (Wildman–Crippen MR) is 62.9 cm³/mol. The van der Waals surface area contributed by atoms with Gasteiger partial charge < -0.3 is 24.7 Å². The van der Waals surface area contributed by atoms with E-state index in [0.29, 0.717) is 6.42 Å². The maximum absolute atomic E-state index is 10.9. The lowest BCUT2D eigenvalue weighted by atomic mass is 9.90. The zero-order chi connectivity index (χ0) is 14.1. The summed E-state index contributed by atoms with van der Waals surface area (Å²) in [5, 5.41) is 19.1. The number of hydrogen-bond donors (Lipinski definition) is 4. The zero-order valence-corrected chi connectivity index (χ0v) is 11.2. The Morgan fingerprint density at radius 1 is 1.39 bits per heavy atom. The van der Waals surface area contributed by atoms with Gasteiger partial charge in [0, 0.05) is 12.4 Å². The largest absolute Gasteiger partial charge is 0.470 e. The van der Waals surface area contributed by atoms with Crippen LogP contribution >= 0.6 is 7.82 Å². The number of ether oxygens (including phenoxy) is 1. The summed E-state index contributed by atoms with van der Waals surface area (Å²) in [4.78, 5) is 17.7. The van der Waals surface area contributed by atoms with Crippen LogP contribution in [0.2, 0.25) is 0 Å². The Balaban J connectivity index is 2.72. The lowest BCUT2D eigenvalue weighted by Crippen LogP contribution is -2.38. The summed E-state index contributed by atoms with van der Waals surface area (Å²) in [5.74, 6) is 0. The Labute approximate surface area is 107 Å². The third kappa shape index (κ3) is 4.03. The second-order valence-electron chi connectivity index (χ2n) is 4.71. The van der Waals surface area contributed by atoms with Crippen LogP contribution in [0.5, 0.6) is 0 Å². The summed E-state index contributed by atoms with van der Waals surface area (Å²) in [6.45, 7) is 3.19. The zero-order valence-electron chi connectivity index (χ0n) is 10.3. The van der Waals surface area contributed by atoms with Gasteiger partial charge >= 0.3 is 7.82 Å². The predicted octanol–water partition coefficient (Wildman–Crippen LogP) is -0.730. The fourth-order valence-corrected chi connectivity index (χ4v) is 2.68. The second kappa shape index (κ2) is 5.59. The number of rotatable bonds is 5. The highest BCUT2D eigenvalue weighted by Crippen LogP contribution is 2.45.